The smallest absolute Gasteiger partial charge is 0.217 e. The molecule has 0 aliphatic heterocycles. The molecule has 0 saturated heterocycles. The number of carbonyl (C=O) groups excluding carboxylic acids is 1. The summed E-state index contributed by atoms with van der Waals surface area (Å²) in [5.41, 5.74) is 5.02. The van der Waals surface area contributed by atoms with Gasteiger partial charge in [-0.05, 0) is 19.3 Å². The van der Waals surface area contributed by atoms with Crippen molar-refractivity contribution in [1.82, 2.24) is 0 Å². The van der Waals surface area contributed by atoms with E-state index in [0.717, 1.165) is 17.3 Å². The molecule has 3 nitrogen and oxygen atoms in total. The molecule has 0 aromatic heterocycles. The van der Waals surface area contributed by atoms with Crippen LogP contribution in [0.5, 0.6) is 0 Å². The van der Waals surface area contributed by atoms with Crippen molar-refractivity contribution in [1.29, 1.82) is 0 Å². The van der Waals surface area contributed by atoms with Crippen molar-refractivity contribution in [2.45, 2.75) is 25.7 Å². The van der Waals surface area contributed by atoms with E-state index < -0.39 is 0 Å². The van der Waals surface area contributed by atoms with Gasteiger partial charge in [-0.3, -0.25) is 4.79 Å². The third kappa shape index (κ3) is 9.43. The Bertz CT molecular complexity index is 138. The molecule has 2 N–H and O–H groups in total. The molecule has 0 radical (unpaired) electrons. The number of nitrogens with two attached hydrogens (primary N) is 1. The van der Waals surface area contributed by atoms with Gasteiger partial charge in [-0.25, -0.2) is 0 Å². The number of unbranched alkanes of at least 4 members (excludes halogenated alkanes) is 2. The average molecular weight is 173 g/mol. The van der Waals surface area contributed by atoms with Gasteiger partial charge < -0.3 is 10.2 Å². The standard InChI is InChI=1S/C9H20N2O/c1-11(2,3)8-6-4-5-7-9(10)12/h4-8H2,1-3H3,(H-,10,12)/p+1. The first-order valence-corrected chi connectivity index (χ1v) is 4.50. The van der Waals surface area contributed by atoms with Crippen LogP contribution in [0.3, 0.4) is 0 Å². The number of quaternary nitrogens is 1. The lowest BCUT2D eigenvalue weighted by molar-refractivity contribution is -0.870. The van der Waals surface area contributed by atoms with Crippen LogP contribution in [-0.4, -0.2) is 38.1 Å². The number of primary amides is 1. The first-order chi connectivity index (χ1) is 5.42. The van der Waals surface area contributed by atoms with Gasteiger partial charge in [-0.2, -0.15) is 0 Å². The fraction of sp³-hybridized carbons (Fsp3) is 0.889. The summed E-state index contributed by atoms with van der Waals surface area (Å²) in [6, 6.07) is 0. The van der Waals surface area contributed by atoms with E-state index in [9.17, 15) is 4.79 Å². The first-order valence-electron chi connectivity index (χ1n) is 4.50. The Labute approximate surface area is 75.1 Å². The zero-order chi connectivity index (χ0) is 9.61. The Kier molecular flexibility index (Phi) is 4.90. The topological polar surface area (TPSA) is 43.1 Å². The lowest BCUT2D eigenvalue weighted by atomic mass is 10.2. The van der Waals surface area contributed by atoms with Crippen molar-refractivity contribution in [2.75, 3.05) is 27.7 Å². The molecule has 0 atom stereocenters. The predicted octanol–water partition coefficient (Wildman–Crippen LogP) is 0.738. The molecule has 3 heteroatoms. The Morgan fingerprint density at radius 1 is 1.17 bits per heavy atom. The van der Waals surface area contributed by atoms with Crippen molar-refractivity contribution in [3.8, 4) is 0 Å². The van der Waals surface area contributed by atoms with E-state index in [-0.39, 0.29) is 5.91 Å². The first kappa shape index (κ1) is 11.4. The number of nitrogens with zero attached hydrogens (tertiary/aromatic N) is 1. The summed E-state index contributed by atoms with van der Waals surface area (Å²) in [4.78, 5) is 10.4. The molecule has 0 bridgehead atoms. The zero-order valence-corrected chi connectivity index (χ0v) is 8.47. The molecule has 12 heavy (non-hydrogen) atoms. The lowest BCUT2D eigenvalue weighted by Crippen LogP contribution is -2.35. The summed E-state index contributed by atoms with van der Waals surface area (Å²) in [5.74, 6) is -0.180. The molecule has 0 heterocycles. The Morgan fingerprint density at radius 3 is 2.17 bits per heavy atom. The second kappa shape index (κ2) is 5.14. The minimum atomic E-state index is -0.180. The van der Waals surface area contributed by atoms with Crippen LogP contribution in [0.25, 0.3) is 0 Å². The van der Waals surface area contributed by atoms with Crippen LogP contribution < -0.4 is 5.73 Å². The van der Waals surface area contributed by atoms with Crippen molar-refractivity contribution in [2.24, 2.45) is 5.73 Å². The fourth-order valence-electron chi connectivity index (χ4n) is 1.06. The summed E-state index contributed by atoms with van der Waals surface area (Å²) in [6.45, 7) is 1.17. The van der Waals surface area contributed by atoms with Gasteiger partial charge in [0.15, 0.2) is 0 Å². The fourth-order valence-corrected chi connectivity index (χ4v) is 1.06. The van der Waals surface area contributed by atoms with E-state index in [1.54, 1.807) is 0 Å². The van der Waals surface area contributed by atoms with Crippen LogP contribution >= 0.6 is 0 Å². The maximum absolute atomic E-state index is 10.4. The van der Waals surface area contributed by atoms with E-state index in [1.807, 2.05) is 0 Å². The molecular formula is C9H21N2O+. The van der Waals surface area contributed by atoms with Gasteiger partial charge in [0.05, 0.1) is 27.7 Å². The normalized spacial score (nSPS) is 11.6. The second-order valence-electron chi connectivity index (χ2n) is 4.29. The minimum absolute atomic E-state index is 0.180. The summed E-state index contributed by atoms with van der Waals surface area (Å²) >= 11 is 0. The number of hydrogen-bond donors (Lipinski definition) is 1. The monoisotopic (exact) mass is 173 g/mol. The van der Waals surface area contributed by atoms with Crippen LogP contribution in [-0.2, 0) is 4.79 Å². The highest BCUT2D eigenvalue weighted by molar-refractivity contribution is 5.73. The van der Waals surface area contributed by atoms with Crippen molar-refractivity contribution in [3.05, 3.63) is 0 Å². The van der Waals surface area contributed by atoms with Gasteiger partial charge in [0.2, 0.25) is 5.91 Å². The number of rotatable bonds is 6. The highest BCUT2D eigenvalue weighted by Gasteiger charge is 2.05. The van der Waals surface area contributed by atoms with Crippen LogP contribution in [0, 0.1) is 0 Å². The molecule has 0 unspecified atom stereocenters. The van der Waals surface area contributed by atoms with Crippen molar-refractivity contribution in [3.63, 3.8) is 0 Å². The van der Waals surface area contributed by atoms with Gasteiger partial charge in [-0.15, -0.1) is 0 Å². The summed E-state index contributed by atoms with van der Waals surface area (Å²) < 4.78 is 0.997. The number of carbonyl (C=O) groups is 1. The molecule has 1 amide bonds. The van der Waals surface area contributed by atoms with Crippen LogP contribution in [0.4, 0.5) is 0 Å². The molecular weight excluding hydrogens is 152 g/mol. The minimum Gasteiger partial charge on any atom is -0.370 e. The van der Waals surface area contributed by atoms with Crippen molar-refractivity contribution >= 4 is 5.91 Å². The van der Waals surface area contributed by atoms with Gasteiger partial charge in [-0.1, -0.05) is 0 Å². The lowest BCUT2D eigenvalue weighted by Gasteiger charge is -2.23. The van der Waals surface area contributed by atoms with E-state index >= 15 is 0 Å². The Morgan fingerprint density at radius 2 is 1.75 bits per heavy atom. The summed E-state index contributed by atoms with van der Waals surface area (Å²) in [7, 11) is 6.52. The zero-order valence-electron chi connectivity index (χ0n) is 8.47. The molecule has 0 aliphatic rings. The highest BCUT2D eigenvalue weighted by atomic mass is 16.1. The van der Waals surface area contributed by atoms with E-state index in [4.69, 9.17) is 5.73 Å². The van der Waals surface area contributed by atoms with E-state index in [2.05, 4.69) is 21.1 Å². The van der Waals surface area contributed by atoms with Gasteiger partial charge >= 0.3 is 0 Å². The summed E-state index contributed by atoms with van der Waals surface area (Å²) in [5, 5.41) is 0. The molecule has 0 aromatic carbocycles. The largest absolute Gasteiger partial charge is 0.370 e. The van der Waals surface area contributed by atoms with Crippen LogP contribution in [0.1, 0.15) is 25.7 Å². The molecule has 0 spiro atoms. The number of hydrogen-bond acceptors (Lipinski definition) is 1. The highest BCUT2D eigenvalue weighted by Crippen LogP contribution is 2.02. The van der Waals surface area contributed by atoms with Crippen LogP contribution in [0.15, 0.2) is 0 Å². The molecule has 0 fully saturated rings. The maximum atomic E-state index is 10.4. The molecule has 0 aromatic rings. The Hall–Kier alpha value is -0.570. The van der Waals surface area contributed by atoms with Crippen LogP contribution in [0.2, 0.25) is 0 Å². The van der Waals surface area contributed by atoms with E-state index in [0.29, 0.717) is 6.42 Å². The third-order valence-corrected chi connectivity index (χ3v) is 1.75. The van der Waals surface area contributed by atoms with E-state index in [1.165, 1.54) is 13.0 Å². The molecule has 0 aliphatic carbocycles. The SMILES string of the molecule is C[N+](C)(C)CCCCCC(N)=O. The van der Waals surface area contributed by atoms with Gasteiger partial charge in [0, 0.05) is 6.42 Å². The summed E-state index contributed by atoms with van der Waals surface area (Å²) in [6.07, 6.45) is 3.77. The average Bonchev–Trinajstić information content (AvgIpc) is 1.83. The quantitative estimate of drug-likeness (QED) is 0.467. The van der Waals surface area contributed by atoms with Crippen molar-refractivity contribution < 1.29 is 9.28 Å². The predicted molar refractivity (Wildman–Crippen MR) is 50.6 cm³/mol. The molecule has 0 rings (SSSR count). The van der Waals surface area contributed by atoms with Gasteiger partial charge in [0.25, 0.3) is 0 Å². The maximum Gasteiger partial charge on any atom is 0.217 e. The second-order valence-corrected chi connectivity index (χ2v) is 4.29. The van der Waals surface area contributed by atoms with Gasteiger partial charge in [0.1, 0.15) is 0 Å². The Balaban J connectivity index is 3.17. The number of amides is 1. The molecule has 72 valence electrons. The molecule has 0 saturated carbocycles. The third-order valence-electron chi connectivity index (χ3n) is 1.75.